The Morgan fingerprint density at radius 2 is 2.31 bits per heavy atom. The molecule has 0 aliphatic rings. The molecule has 6 nitrogen and oxygen atoms in total. The number of anilines is 2. The van der Waals surface area contributed by atoms with Gasteiger partial charge in [0.25, 0.3) is 5.91 Å². The lowest BCUT2D eigenvalue weighted by molar-refractivity contribution is 0.102. The van der Waals surface area contributed by atoms with E-state index in [9.17, 15) is 4.79 Å². The summed E-state index contributed by atoms with van der Waals surface area (Å²) < 4.78 is 3.52. The maximum absolute atomic E-state index is 11.7. The van der Waals surface area contributed by atoms with Crippen LogP contribution in [0, 0.1) is 0 Å². The van der Waals surface area contributed by atoms with Crippen molar-refractivity contribution >= 4 is 39.9 Å². The highest BCUT2D eigenvalue weighted by molar-refractivity contribution is 7.09. The van der Waals surface area contributed by atoms with Gasteiger partial charge in [-0.2, -0.15) is 0 Å². The highest BCUT2D eigenvalue weighted by Crippen LogP contribution is 2.19. The quantitative estimate of drug-likeness (QED) is 0.792. The summed E-state index contributed by atoms with van der Waals surface area (Å²) >= 11 is 6.71. The van der Waals surface area contributed by atoms with Crippen LogP contribution in [0.3, 0.4) is 0 Å². The van der Waals surface area contributed by atoms with E-state index in [1.54, 1.807) is 12.1 Å². The Balaban J connectivity index is 2.21. The molecule has 1 aromatic carbocycles. The van der Waals surface area contributed by atoms with E-state index in [2.05, 4.69) is 20.1 Å². The first-order chi connectivity index (χ1) is 7.66. The molecule has 0 bridgehead atoms. The number of carbonyl (C=O) groups excluding carboxylic acids is 1. The van der Waals surface area contributed by atoms with Crippen LogP contribution in [0.2, 0.25) is 5.02 Å². The van der Waals surface area contributed by atoms with Gasteiger partial charge in [-0.3, -0.25) is 10.1 Å². The number of nitrogens with two attached hydrogens (primary N) is 1. The van der Waals surface area contributed by atoms with Gasteiger partial charge in [-0.15, -0.1) is 0 Å². The molecule has 0 fully saturated rings. The Morgan fingerprint density at radius 1 is 1.50 bits per heavy atom. The molecule has 0 spiro atoms. The third kappa shape index (κ3) is 2.26. The summed E-state index contributed by atoms with van der Waals surface area (Å²) in [5.74, 6) is -0.368. The highest BCUT2D eigenvalue weighted by Gasteiger charge is 2.11. The lowest BCUT2D eigenvalue weighted by atomic mass is 10.2. The summed E-state index contributed by atoms with van der Waals surface area (Å²) in [5, 5.41) is 10.3. The lowest BCUT2D eigenvalue weighted by Gasteiger charge is -2.04. The molecule has 0 unspecified atom stereocenters. The van der Waals surface area contributed by atoms with Crippen LogP contribution in [0.1, 0.15) is 10.4 Å². The number of aromatic nitrogens is 3. The number of benzene rings is 1. The number of carbonyl (C=O) groups is 1. The van der Waals surface area contributed by atoms with E-state index in [-0.39, 0.29) is 5.91 Å². The first-order valence-electron chi connectivity index (χ1n) is 4.18. The molecule has 0 radical (unpaired) electrons. The molecule has 82 valence electrons. The van der Waals surface area contributed by atoms with Crippen molar-refractivity contribution < 1.29 is 4.79 Å². The van der Waals surface area contributed by atoms with Gasteiger partial charge in [0.2, 0.25) is 5.13 Å². The van der Waals surface area contributed by atoms with Gasteiger partial charge in [0.15, 0.2) is 0 Å². The third-order valence-electron chi connectivity index (χ3n) is 1.78. The minimum absolute atomic E-state index is 0.308. The van der Waals surface area contributed by atoms with Gasteiger partial charge in [-0.05, 0) is 23.4 Å². The zero-order chi connectivity index (χ0) is 11.5. The lowest BCUT2D eigenvalue weighted by Crippen LogP contribution is -2.13. The maximum Gasteiger partial charge on any atom is 0.259 e. The third-order valence-corrected chi connectivity index (χ3v) is 2.52. The minimum Gasteiger partial charge on any atom is -0.398 e. The second-order valence-electron chi connectivity index (χ2n) is 2.85. The molecule has 0 saturated heterocycles. The zero-order valence-electron chi connectivity index (χ0n) is 7.85. The molecule has 0 aliphatic carbocycles. The van der Waals surface area contributed by atoms with E-state index in [0.717, 1.165) is 11.5 Å². The average Bonchev–Trinajstić information content (AvgIpc) is 2.70. The van der Waals surface area contributed by atoms with Crippen molar-refractivity contribution in [3.63, 3.8) is 0 Å². The number of amides is 1. The number of nitrogens with one attached hydrogen (secondary N) is 1. The molecule has 1 amide bonds. The molecular formula is C8H6ClN5OS. The van der Waals surface area contributed by atoms with Crippen LogP contribution in [0.15, 0.2) is 18.2 Å². The topological polar surface area (TPSA) is 93.8 Å². The van der Waals surface area contributed by atoms with E-state index in [4.69, 9.17) is 17.3 Å². The Hall–Kier alpha value is -1.73. The molecule has 3 N–H and O–H groups in total. The number of nitrogens with zero attached hydrogens (tertiary/aromatic N) is 3. The molecule has 1 heterocycles. The van der Waals surface area contributed by atoms with Gasteiger partial charge < -0.3 is 5.73 Å². The van der Waals surface area contributed by atoms with Gasteiger partial charge in [0.1, 0.15) is 0 Å². The normalized spacial score (nSPS) is 10.1. The van der Waals surface area contributed by atoms with Crippen LogP contribution in [0.5, 0.6) is 0 Å². The van der Waals surface area contributed by atoms with Gasteiger partial charge in [-0.25, -0.2) is 0 Å². The van der Waals surface area contributed by atoms with Gasteiger partial charge in [0.05, 0.1) is 5.56 Å². The second kappa shape index (κ2) is 4.42. The number of halogens is 1. The predicted octanol–water partition coefficient (Wildman–Crippen LogP) is 1.42. The van der Waals surface area contributed by atoms with Crippen molar-refractivity contribution in [2.75, 3.05) is 11.1 Å². The summed E-state index contributed by atoms with van der Waals surface area (Å²) in [7, 11) is 0. The van der Waals surface area contributed by atoms with E-state index in [1.165, 1.54) is 6.07 Å². The van der Waals surface area contributed by atoms with Gasteiger partial charge in [-0.1, -0.05) is 21.2 Å². The molecule has 2 rings (SSSR count). The largest absolute Gasteiger partial charge is 0.398 e. The van der Waals surface area contributed by atoms with Gasteiger partial charge in [0, 0.05) is 22.2 Å². The van der Waals surface area contributed by atoms with E-state index < -0.39 is 0 Å². The minimum atomic E-state index is -0.368. The van der Waals surface area contributed by atoms with E-state index >= 15 is 0 Å². The summed E-state index contributed by atoms with van der Waals surface area (Å²) in [5.41, 5.74) is 6.30. The van der Waals surface area contributed by atoms with Crippen molar-refractivity contribution in [3.8, 4) is 0 Å². The Morgan fingerprint density at radius 3 is 2.94 bits per heavy atom. The molecule has 0 aliphatic heterocycles. The van der Waals surface area contributed by atoms with Crippen LogP contribution in [-0.2, 0) is 0 Å². The summed E-state index contributed by atoms with van der Waals surface area (Å²) in [6.07, 6.45) is 0. The fourth-order valence-electron chi connectivity index (χ4n) is 1.09. The smallest absolute Gasteiger partial charge is 0.259 e. The molecule has 2 aromatic rings. The van der Waals surface area contributed by atoms with Crippen LogP contribution in [0.25, 0.3) is 0 Å². The first-order valence-corrected chi connectivity index (χ1v) is 5.33. The molecule has 16 heavy (non-hydrogen) atoms. The molecule has 1 aromatic heterocycles. The summed E-state index contributed by atoms with van der Waals surface area (Å²) in [6, 6.07) is 4.64. The molecule has 0 saturated carbocycles. The number of hydrogen-bond donors (Lipinski definition) is 2. The van der Waals surface area contributed by atoms with Crippen molar-refractivity contribution in [3.05, 3.63) is 28.8 Å². The zero-order valence-corrected chi connectivity index (χ0v) is 9.42. The Labute approximate surface area is 99.6 Å². The predicted molar refractivity (Wildman–Crippen MR) is 61.5 cm³/mol. The SMILES string of the molecule is Nc1cc(Cl)ccc1C(=O)Nc1nnns1. The monoisotopic (exact) mass is 255 g/mol. The Bertz CT molecular complexity index is 515. The van der Waals surface area contributed by atoms with Crippen LogP contribution in [-0.4, -0.2) is 20.7 Å². The molecule has 8 heteroatoms. The average molecular weight is 256 g/mol. The highest BCUT2D eigenvalue weighted by atomic mass is 35.5. The molecule has 0 atom stereocenters. The number of hydrogen-bond acceptors (Lipinski definition) is 6. The van der Waals surface area contributed by atoms with Crippen LogP contribution in [0.4, 0.5) is 10.8 Å². The van der Waals surface area contributed by atoms with Crippen LogP contribution >= 0.6 is 23.1 Å². The Kier molecular flexibility index (Phi) is 2.97. The number of rotatable bonds is 2. The maximum atomic E-state index is 11.7. The van der Waals surface area contributed by atoms with E-state index in [0.29, 0.717) is 21.4 Å². The summed E-state index contributed by atoms with van der Waals surface area (Å²) in [4.78, 5) is 11.7. The van der Waals surface area contributed by atoms with Crippen molar-refractivity contribution in [2.24, 2.45) is 0 Å². The standard InChI is InChI=1S/C8H6ClN5OS/c9-4-1-2-5(6(10)3-4)7(15)11-8-12-13-14-16-8/h1-3H,10H2,(H,11,12,14,15). The molecular weight excluding hydrogens is 250 g/mol. The van der Waals surface area contributed by atoms with Crippen molar-refractivity contribution in [2.45, 2.75) is 0 Å². The second-order valence-corrected chi connectivity index (χ2v) is 4.02. The van der Waals surface area contributed by atoms with Crippen molar-refractivity contribution in [1.82, 2.24) is 14.8 Å². The fourth-order valence-corrected chi connectivity index (χ4v) is 1.63. The summed E-state index contributed by atoms with van der Waals surface area (Å²) in [6.45, 7) is 0. The van der Waals surface area contributed by atoms with Crippen molar-refractivity contribution in [1.29, 1.82) is 0 Å². The number of nitrogen functional groups attached to an aromatic ring is 1. The van der Waals surface area contributed by atoms with E-state index in [1.807, 2.05) is 0 Å². The first kappa shape index (κ1) is 10.8. The van der Waals surface area contributed by atoms with Crippen LogP contribution < -0.4 is 11.1 Å². The van der Waals surface area contributed by atoms with Gasteiger partial charge >= 0.3 is 0 Å². The fraction of sp³-hybridized carbons (Fsp3) is 0.